The maximum absolute atomic E-state index is 11.8. The van der Waals surface area contributed by atoms with Gasteiger partial charge in [-0.1, -0.05) is 38.3 Å². The van der Waals surface area contributed by atoms with E-state index in [0.717, 1.165) is 18.4 Å². The minimum absolute atomic E-state index is 0.0963. The average molecular weight is 303 g/mol. The predicted octanol–water partition coefficient (Wildman–Crippen LogP) is 3.57. The molecule has 1 amide bonds. The smallest absolute Gasteiger partial charge is 0.337 e. The Hall–Kier alpha value is -2.10. The lowest BCUT2D eigenvalue weighted by molar-refractivity contribution is -0.117. The molecule has 4 nitrogen and oxygen atoms in total. The number of carbonyl (C=O) groups excluding carboxylic acids is 2. The minimum Gasteiger partial charge on any atom is -0.465 e. The minimum atomic E-state index is -0.367. The third-order valence-corrected chi connectivity index (χ3v) is 3.39. The van der Waals surface area contributed by atoms with Gasteiger partial charge < -0.3 is 10.1 Å². The highest BCUT2D eigenvalue weighted by Crippen LogP contribution is 2.07. The maximum atomic E-state index is 11.8. The number of ether oxygens (including phenoxy) is 1. The van der Waals surface area contributed by atoms with E-state index in [0.29, 0.717) is 5.56 Å². The molecule has 0 aliphatic heterocycles. The van der Waals surface area contributed by atoms with Crippen LogP contribution in [0.1, 0.15) is 55.5 Å². The molecule has 0 heterocycles. The fourth-order valence-electron chi connectivity index (χ4n) is 2.08. The standard InChI is InChI=1S/C18H25NO3/c1-4-5-6-7-14(2)19-17(20)13-10-15-8-11-16(12-9-15)18(21)22-3/h8-14H,4-7H2,1-3H3,(H,19,20)/b13-10+/t14-/m0/s1. The summed E-state index contributed by atoms with van der Waals surface area (Å²) in [5.41, 5.74) is 1.36. The zero-order valence-corrected chi connectivity index (χ0v) is 13.6. The lowest BCUT2D eigenvalue weighted by Crippen LogP contribution is -2.30. The van der Waals surface area contributed by atoms with Crippen molar-refractivity contribution in [3.05, 3.63) is 41.5 Å². The van der Waals surface area contributed by atoms with Crippen molar-refractivity contribution in [2.45, 2.75) is 45.6 Å². The molecule has 0 radical (unpaired) electrons. The fraction of sp³-hybridized carbons (Fsp3) is 0.444. The van der Waals surface area contributed by atoms with Crippen molar-refractivity contribution in [2.75, 3.05) is 7.11 Å². The molecule has 0 unspecified atom stereocenters. The monoisotopic (exact) mass is 303 g/mol. The van der Waals surface area contributed by atoms with E-state index in [4.69, 9.17) is 0 Å². The molecule has 0 bridgehead atoms. The van der Waals surface area contributed by atoms with Crippen LogP contribution in [0.15, 0.2) is 30.3 Å². The molecule has 4 heteroatoms. The highest BCUT2D eigenvalue weighted by molar-refractivity contribution is 5.92. The Morgan fingerprint density at radius 1 is 1.23 bits per heavy atom. The van der Waals surface area contributed by atoms with Crippen molar-refractivity contribution < 1.29 is 14.3 Å². The zero-order chi connectivity index (χ0) is 16.4. The van der Waals surface area contributed by atoms with Gasteiger partial charge in [-0.2, -0.15) is 0 Å². The fourth-order valence-corrected chi connectivity index (χ4v) is 2.08. The number of amides is 1. The second-order valence-corrected chi connectivity index (χ2v) is 5.35. The average Bonchev–Trinajstić information content (AvgIpc) is 2.53. The van der Waals surface area contributed by atoms with Gasteiger partial charge in [0.1, 0.15) is 0 Å². The second-order valence-electron chi connectivity index (χ2n) is 5.35. The number of esters is 1. The Kier molecular flexibility index (Phi) is 7.97. The number of methoxy groups -OCH3 is 1. The first-order valence-corrected chi connectivity index (χ1v) is 7.73. The van der Waals surface area contributed by atoms with Crippen LogP contribution in [0.4, 0.5) is 0 Å². The molecule has 22 heavy (non-hydrogen) atoms. The first-order chi connectivity index (χ1) is 10.6. The summed E-state index contributed by atoms with van der Waals surface area (Å²) in [5.74, 6) is -0.463. The molecule has 0 spiro atoms. The van der Waals surface area contributed by atoms with Crippen molar-refractivity contribution in [3.8, 4) is 0 Å². The zero-order valence-electron chi connectivity index (χ0n) is 13.6. The van der Waals surface area contributed by atoms with E-state index in [9.17, 15) is 9.59 Å². The van der Waals surface area contributed by atoms with Gasteiger partial charge in [-0.25, -0.2) is 4.79 Å². The van der Waals surface area contributed by atoms with Crippen LogP contribution in [-0.4, -0.2) is 25.0 Å². The largest absolute Gasteiger partial charge is 0.465 e. The van der Waals surface area contributed by atoms with Crippen molar-refractivity contribution in [2.24, 2.45) is 0 Å². The van der Waals surface area contributed by atoms with Gasteiger partial charge in [0.15, 0.2) is 0 Å². The Bertz CT molecular complexity index is 506. The van der Waals surface area contributed by atoms with Gasteiger partial charge in [0.25, 0.3) is 0 Å². The summed E-state index contributed by atoms with van der Waals surface area (Å²) < 4.78 is 4.64. The van der Waals surface area contributed by atoms with E-state index in [1.54, 1.807) is 30.3 Å². The number of unbranched alkanes of at least 4 members (excludes halogenated alkanes) is 2. The van der Waals surface area contributed by atoms with Gasteiger partial charge in [-0.3, -0.25) is 4.79 Å². The first kappa shape index (κ1) is 18.0. The quantitative estimate of drug-likeness (QED) is 0.454. The SMILES string of the molecule is CCCCC[C@H](C)NC(=O)/C=C/c1ccc(C(=O)OC)cc1. The molecule has 1 aromatic carbocycles. The van der Waals surface area contributed by atoms with E-state index in [2.05, 4.69) is 17.0 Å². The summed E-state index contributed by atoms with van der Waals surface area (Å²) in [6.07, 6.45) is 7.77. The van der Waals surface area contributed by atoms with Crippen LogP contribution in [0.25, 0.3) is 6.08 Å². The molecule has 1 aromatic rings. The maximum Gasteiger partial charge on any atom is 0.337 e. The molecule has 1 atom stereocenters. The van der Waals surface area contributed by atoms with Crippen LogP contribution in [0.3, 0.4) is 0 Å². The lowest BCUT2D eigenvalue weighted by atomic mass is 10.1. The van der Waals surface area contributed by atoms with Gasteiger partial charge in [-0.15, -0.1) is 0 Å². The highest BCUT2D eigenvalue weighted by atomic mass is 16.5. The molecule has 0 aromatic heterocycles. The van der Waals surface area contributed by atoms with Gasteiger partial charge in [-0.05, 0) is 37.1 Å². The Morgan fingerprint density at radius 3 is 2.50 bits per heavy atom. The highest BCUT2D eigenvalue weighted by Gasteiger charge is 2.05. The van der Waals surface area contributed by atoms with E-state index in [1.807, 2.05) is 6.92 Å². The van der Waals surface area contributed by atoms with Gasteiger partial charge in [0, 0.05) is 12.1 Å². The lowest BCUT2D eigenvalue weighted by Gasteiger charge is -2.11. The Balaban J connectivity index is 2.46. The topological polar surface area (TPSA) is 55.4 Å². The molecule has 120 valence electrons. The van der Waals surface area contributed by atoms with E-state index in [-0.39, 0.29) is 17.9 Å². The number of rotatable bonds is 8. The van der Waals surface area contributed by atoms with E-state index < -0.39 is 0 Å². The predicted molar refractivity (Wildman–Crippen MR) is 88.6 cm³/mol. The number of hydrogen-bond donors (Lipinski definition) is 1. The van der Waals surface area contributed by atoms with Crippen LogP contribution in [0, 0.1) is 0 Å². The summed E-state index contributed by atoms with van der Waals surface area (Å²) in [6.45, 7) is 4.18. The number of benzene rings is 1. The number of carbonyl (C=O) groups is 2. The van der Waals surface area contributed by atoms with Crippen molar-refractivity contribution >= 4 is 18.0 Å². The van der Waals surface area contributed by atoms with E-state index >= 15 is 0 Å². The van der Waals surface area contributed by atoms with Gasteiger partial charge in [0.05, 0.1) is 12.7 Å². The summed E-state index contributed by atoms with van der Waals surface area (Å²) in [5, 5.41) is 2.95. The van der Waals surface area contributed by atoms with Gasteiger partial charge >= 0.3 is 5.97 Å². The van der Waals surface area contributed by atoms with Crippen LogP contribution in [0.5, 0.6) is 0 Å². The summed E-state index contributed by atoms with van der Waals surface area (Å²) in [7, 11) is 1.35. The normalized spacial score (nSPS) is 12.1. The van der Waals surface area contributed by atoms with Crippen LogP contribution < -0.4 is 5.32 Å². The van der Waals surface area contributed by atoms with Crippen molar-refractivity contribution in [1.82, 2.24) is 5.32 Å². The van der Waals surface area contributed by atoms with Crippen molar-refractivity contribution in [3.63, 3.8) is 0 Å². The molecular formula is C18H25NO3. The van der Waals surface area contributed by atoms with E-state index in [1.165, 1.54) is 26.0 Å². The molecular weight excluding hydrogens is 278 g/mol. The third-order valence-electron chi connectivity index (χ3n) is 3.39. The van der Waals surface area contributed by atoms with Crippen LogP contribution in [-0.2, 0) is 9.53 Å². The van der Waals surface area contributed by atoms with Crippen LogP contribution >= 0.6 is 0 Å². The van der Waals surface area contributed by atoms with Gasteiger partial charge in [0.2, 0.25) is 5.91 Å². The Morgan fingerprint density at radius 2 is 1.91 bits per heavy atom. The molecule has 0 saturated carbocycles. The summed E-state index contributed by atoms with van der Waals surface area (Å²) >= 11 is 0. The molecule has 0 aliphatic carbocycles. The Labute approximate surface area is 132 Å². The first-order valence-electron chi connectivity index (χ1n) is 7.73. The third kappa shape index (κ3) is 6.57. The number of hydrogen-bond acceptors (Lipinski definition) is 3. The summed E-state index contributed by atoms with van der Waals surface area (Å²) in [4.78, 5) is 23.1. The number of nitrogens with one attached hydrogen (secondary N) is 1. The summed E-state index contributed by atoms with van der Waals surface area (Å²) in [6, 6.07) is 7.10. The van der Waals surface area contributed by atoms with Crippen molar-refractivity contribution in [1.29, 1.82) is 0 Å². The molecule has 0 aliphatic rings. The van der Waals surface area contributed by atoms with Crippen LogP contribution in [0.2, 0.25) is 0 Å². The second kappa shape index (κ2) is 9.77. The molecule has 0 saturated heterocycles. The molecule has 1 N–H and O–H groups in total. The molecule has 1 rings (SSSR count). The molecule has 0 fully saturated rings.